The van der Waals surface area contributed by atoms with Gasteiger partial charge in [-0.15, -0.1) is 11.3 Å². The Labute approximate surface area is 107 Å². The number of hydrogen-bond acceptors (Lipinski definition) is 5. The van der Waals surface area contributed by atoms with Gasteiger partial charge < -0.3 is 5.32 Å². The zero-order valence-electron chi connectivity index (χ0n) is 9.26. The largest absolute Gasteiger partial charge is 0.306 e. The molecule has 1 N–H and O–H groups in total. The van der Waals surface area contributed by atoms with E-state index in [0.717, 1.165) is 28.7 Å². The van der Waals surface area contributed by atoms with Crippen molar-refractivity contribution in [1.82, 2.24) is 14.7 Å². The first-order valence-corrected chi connectivity index (χ1v) is 7.61. The van der Waals surface area contributed by atoms with Crippen molar-refractivity contribution in [1.29, 1.82) is 0 Å². The fourth-order valence-electron chi connectivity index (χ4n) is 1.94. The molecule has 0 saturated carbocycles. The van der Waals surface area contributed by atoms with Gasteiger partial charge in [0.1, 0.15) is 0 Å². The lowest BCUT2D eigenvalue weighted by molar-refractivity contribution is -0.120. The second-order valence-corrected chi connectivity index (χ2v) is 6.07. The predicted octanol–water partition coefficient (Wildman–Crippen LogP) is 1.21. The number of nitrogens with zero attached hydrogens (tertiary/aromatic N) is 2. The number of rotatable bonds is 3. The highest BCUT2D eigenvalue weighted by atomic mass is 32.2. The van der Waals surface area contributed by atoms with E-state index in [1.807, 2.05) is 33.9 Å². The molecule has 0 bridgehead atoms. The second-order valence-electron chi connectivity index (χ2n) is 4.05. The molecule has 1 aliphatic rings. The van der Waals surface area contributed by atoms with Crippen molar-refractivity contribution in [3.63, 3.8) is 0 Å². The molecule has 0 aliphatic carbocycles. The molecule has 0 amide bonds. The van der Waals surface area contributed by atoms with Gasteiger partial charge in [-0.3, -0.25) is 9.20 Å². The number of carbonyl (C=O) groups is 1. The lowest BCUT2D eigenvalue weighted by Gasteiger charge is -2.21. The highest BCUT2D eigenvalue weighted by molar-refractivity contribution is 7.99. The summed E-state index contributed by atoms with van der Waals surface area (Å²) in [5, 5.41) is 5.26. The number of thiazole rings is 1. The van der Waals surface area contributed by atoms with Crippen molar-refractivity contribution < 1.29 is 4.79 Å². The normalized spacial score (nSPS) is 20.8. The Morgan fingerprint density at radius 2 is 2.59 bits per heavy atom. The van der Waals surface area contributed by atoms with E-state index in [2.05, 4.69) is 10.3 Å². The van der Waals surface area contributed by atoms with Gasteiger partial charge in [0.2, 0.25) is 0 Å². The molecule has 2 aromatic heterocycles. The summed E-state index contributed by atoms with van der Waals surface area (Å²) >= 11 is 3.43. The molecule has 17 heavy (non-hydrogen) atoms. The Balaban J connectivity index is 1.69. The van der Waals surface area contributed by atoms with Crippen LogP contribution in [0.15, 0.2) is 17.8 Å². The first-order valence-electron chi connectivity index (χ1n) is 5.58. The molecule has 0 spiro atoms. The van der Waals surface area contributed by atoms with Gasteiger partial charge in [0, 0.05) is 35.8 Å². The maximum atomic E-state index is 12.0. The Kier molecular flexibility index (Phi) is 3.17. The highest BCUT2D eigenvalue weighted by Gasteiger charge is 2.21. The van der Waals surface area contributed by atoms with E-state index in [9.17, 15) is 4.79 Å². The number of thioether (sulfide) groups is 1. The van der Waals surface area contributed by atoms with E-state index < -0.39 is 0 Å². The Morgan fingerprint density at radius 3 is 3.35 bits per heavy atom. The van der Waals surface area contributed by atoms with Gasteiger partial charge in [-0.1, -0.05) is 0 Å². The number of Topliss-reactive ketones (excluding diaryl/α,β-unsaturated/α-hetero) is 1. The van der Waals surface area contributed by atoms with Crippen LogP contribution in [0, 0.1) is 0 Å². The molecule has 2 aromatic rings. The third-order valence-corrected chi connectivity index (χ3v) is 4.64. The number of imidazole rings is 1. The molecule has 1 atom stereocenters. The Bertz CT molecular complexity index is 499. The molecule has 6 heteroatoms. The molecule has 3 heterocycles. The quantitative estimate of drug-likeness (QED) is 0.908. The summed E-state index contributed by atoms with van der Waals surface area (Å²) in [6.07, 6.45) is 4.35. The molecule has 4 nitrogen and oxygen atoms in total. The van der Waals surface area contributed by atoms with E-state index in [-0.39, 0.29) is 11.8 Å². The van der Waals surface area contributed by atoms with E-state index in [0.29, 0.717) is 6.42 Å². The first kappa shape index (κ1) is 11.3. The molecular weight excluding hydrogens is 254 g/mol. The molecule has 1 unspecified atom stereocenters. The van der Waals surface area contributed by atoms with Crippen molar-refractivity contribution in [2.45, 2.75) is 12.5 Å². The van der Waals surface area contributed by atoms with Crippen LogP contribution in [0.25, 0.3) is 4.96 Å². The van der Waals surface area contributed by atoms with E-state index >= 15 is 0 Å². The fourth-order valence-corrected chi connectivity index (χ4v) is 3.62. The van der Waals surface area contributed by atoms with Crippen LogP contribution in [-0.2, 0) is 11.2 Å². The predicted molar refractivity (Wildman–Crippen MR) is 70.9 cm³/mol. The van der Waals surface area contributed by atoms with Gasteiger partial charge in [0.05, 0.1) is 18.2 Å². The summed E-state index contributed by atoms with van der Waals surface area (Å²) in [7, 11) is 0. The molecule has 1 aliphatic heterocycles. The summed E-state index contributed by atoms with van der Waals surface area (Å²) in [6, 6.07) is 0.00786. The number of carbonyl (C=O) groups excluding carboxylic acids is 1. The maximum absolute atomic E-state index is 12.0. The Hall–Kier alpha value is -0.850. The van der Waals surface area contributed by atoms with E-state index in [4.69, 9.17) is 0 Å². The number of nitrogens with one attached hydrogen (secondary N) is 1. The van der Waals surface area contributed by atoms with Crippen LogP contribution >= 0.6 is 23.1 Å². The van der Waals surface area contributed by atoms with Crippen LogP contribution in [0.2, 0.25) is 0 Å². The summed E-state index contributed by atoms with van der Waals surface area (Å²) < 4.78 is 1.97. The number of aromatic nitrogens is 2. The summed E-state index contributed by atoms with van der Waals surface area (Å²) in [4.78, 5) is 17.4. The van der Waals surface area contributed by atoms with Crippen molar-refractivity contribution in [2.24, 2.45) is 0 Å². The number of hydrogen-bond donors (Lipinski definition) is 1. The summed E-state index contributed by atoms with van der Waals surface area (Å²) in [6.45, 7) is 0.930. The van der Waals surface area contributed by atoms with Crippen molar-refractivity contribution in [3.8, 4) is 0 Å². The highest BCUT2D eigenvalue weighted by Crippen LogP contribution is 2.14. The fraction of sp³-hybridized carbons (Fsp3) is 0.455. The minimum atomic E-state index is 0.00786. The van der Waals surface area contributed by atoms with Crippen LogP contribution in [0.4, 0.5) is 0 Å². The van der Waals surface area contributed by atoms with Gasteiger partial charge in [0.15, 0.2) is 10.7 Å². The third-order valence-electron chi connectivity index (χ3n) is 2.81. The SMILES string of the molecule is O=C(Cc1cn2ccsc2n1)C1CSCCN1. The van der Waals surface area contributed by atoms with Crippen molar-refractivity contribution >= 4 is 33.8 Å². The summed E-state index contributed by atoms with van der Waals surface area (Å²) in [5.41, 5.74) is 0.874. The van der Waals surface area contributed by atoms with E-state index in [1.165, 1.54) is 0 Å². The van der Waals surface area contributed by atoms with Gasteiger partial charge in [0.25, 0.3) is 0 Å². The van der Waals surface area contributed by atoms with Crippen molar-refractivity contribution in [2.75, 3.05) is 18.1 Å². The smallest absolute Gasteiger partial charge is 0.193 e. The average Bonchev–Trinajstić information content (AvgIpc) is 2.90. The molecule has 1 saturated heterocycles. The zero-order valence-corrected chi connectivity index (χ0v) is 10.9. The van der Waals surface area contributed by atoms with Gasteiger partial charge in [-0.2, -0.15) is 11.8 Å². The van der Waals surface area contributed by atoms with Gasteiger partial charge in [-0.05, 0) is 0 Å². The van der Waals surface area contributed by atoms with E-state index in [1.54, 1.807) is 11.3 Å². The Morgan fingerprint density at radius 1 is 1.65 bits per heavy atom. The molecule has 90 valence electrons. The lowest BCUT2D eigenvalue weighted by Crippen LogP contribution is -2.44. The minimum absolute atomic E-state index is 0.00786. The third kappa shape index (κ3) is 2.38. The topological polar surface area (TPSA) is 46.4 Å². The maximum Gasteiger partial charge on any atom is 0.193 e. The first-order chi connectivity index (χ1) is 8.33. The second kappa shape index (κ2) is 4.80. The molecule has 0 radical (unpaired) electrons. The molecule has 1 fully saturated rings. The van der Waals surface area contributed by atoms with Crippen LogP contribution in [0.1, 0.15) is 5.69 Å². The zero-order chi connectivity index (χ0) is 11.7. The van der Waals surface area contributed by atoms with Crippen LogP contribution in [-0.4, -0.2) is 39.3 Å². The van der Waals surface area contributed by atoms with Crippen LogP contribution in [0.3, 0.4) is 0 Å². The van der Waals surface area contributed by atoms with Crippen molar-refractivity contribution in [3.05, 3.63) is 23.5 Å². The monoisotopic (exact) mass is 267 g/mol. The van der Waals surface area contributed by atoms with Gasteiger partial charge >= 0.3 is 0 Å². The molecule has 3 rings (SSSR count). The average molecular weight is 267 g/mol. The lowest BCUT2D eigenvalue weighted by atomic mass is 10.1. The molecule has 0 aromatic carbocycles. The molecular formula is C11H13N3OS2. The standard InChI is InChI=1S/C11H13N3OS2/c15-10(9-7-16-3-1-12-9)5-8-6-14-2-4-17-11(14)13-8/h2,4,6,9,12H,1,3,5,7H2. The van der Waals surface area contributed by atoms with Crippen LogP contribution in [0.5, 0.6) is 0 Å². The van der Waals surface area contributed by atoms with Crippen LogP contribution < -0.4 is 5.32 Å². The number of ketones is 1. The van der Waals surface area contributed by atoms with Gasteiger partial charge in [-0.25, -0.2) is 4.98 Å². The number of fused-ring (bicyclic) bond motifs is 1. The summed E-state index contributed by atoms with van der Waals surface area (Å²) in [5.74, 6) is 2.24. The minimum Gasteiger partial charge on any atom is -0.306 e.